The van der Waals surface area contributed by atoms with Gasteiger partial charge in [0.05, 0.1) is 18.2 Å². The Labute approximate surface area is 71.1 Å². The minimum Gasteiger partial charge on any atom is -0.272 e. The Kier molecular flexibility index (Phi) is 2.07. The van der Waals surface area contributed by atoms with Gasteiger partial charge in [0.15, 0.2) is 0 Å². The summed E-state index contributed by atoms with van der Waals surface area (Å²) in [7, 11) is 0. The molecule has 58 valence electrons. The van der Waals surface area contributed by atoms with Gasteiger partial charge in [0.1, 0.15) is 0 Å². The highest BCUT2D eigenvalue weighted by atomic mass is 14.8. The lowest BCUT2D eigenvalue weighted by atomic mass is 10.1. The van der Waals surface area contributed by atoms with Crippen LogP contribution in [0.3, 0.4) is 0 Å². The second-order valence-corrected chi connectivity index (χ2v) is 2.45. The van der Waals surface area contributed by atoms with Gasteiger partial charge in [-0.1, -0.05) is 0 Å². The van der Waals surface area contributed by atoms with Crippen LogP contribution in [0.2, 0.25) is 0 Å². The molecular weight excluding hydrogens is 150 g/mol. The summed E-state index contributed by atoms with van der Waals surface area (Å²) in [5, 5.41) is 8.64. The predicted molar refractivity (Wildman–Crippen MR) is 44.7 cm³/mol. The molecule has 0 aliphatic carbocycles. The van der Waals surface area contributed by atoms with Crippen LogP contribution in [0.5, 0.6) is 0 Å². The highest BCUT2D eigenvalue weighted by molar-refractivity contribution is 5.59. The maximum Gasteiger partial charge on any atom is 0.212 e. The van der Waals surface area contributed by atoms with E-state index in [1.807, 2.05) is 6.07 Å². The topological polar surface area (TPSA) is 41.0 Å². The molecule has 0 aliphatic heterocycles. The third kappa shape index (κ3) is 1.13. The fourth-order valence-corrected chi connectivity index (χ4v) is 0.996. The molecule has 0 amide bonds. The standard InChI is InChI=1S/C9H7N3/c1-6-8(4-10)5-12-7(2)9(6)11-3/h5H,1-2H3. The Morgan fingerprint density at radius 1 is 1.58 bits per heavy atom. The first kappa shape index (κ1) is 8.23. The van der Waals surface area contributed by atoms with Crippen molar-refractivity contribution in [1.29, 1.82) is 5.26 Å². The minimum absolute atomic E-state index is 0.478. The smallest absolute Gasteiger partial charge is 0.212 e. The molecule has 3 nitrogen and oxygen atoms in total. The molecule has 0 fully saturated rings. The summed E-state index contributed by atoms with van der Waals surface area (Å²) in [6.07, 6.45) is 1.50. The van der Waals surface area contributed by atoms with Crippen LogP contribution in [-0.4, -0.2) is 4.98 Å². The summed E-state index contributed by atoms with van der Waals surface area (Å²) in [6.45, 7) is 10.4. The summed E-state index contributed by atoms with van der Waals surface area (Å²) in [5.74, 6) is 0. The van der Waals surface area contributed by atoms with E-state index in [9.17, 15) is 0 Å². The first-order chi connectivity index (χ1) is 5.70. The summed E-state index contributed by atoms with van der Waals surface area (Å²) >= 11 is 0. The zero-order valence-corrected chi connectivity index (χ0v) is 6.92. The maximum atomic E-state index is 8.64. The molecule has 0 unspecified atom stereocenters. The van der Waals surface area contributed by atoms with Gasteiger partial charge in [-0.15, -0.1) is 0 Å². The average molecular weight is 157 g/mol. The van der Waals surface area contributed by atoms with Gasteiger partial charge in [-0.2, -0.15) is 5.26 Å². The molecule has 0 aliphatic rings. The van der Waals surface area contributed by atoms with Gasteiger partial charge in [-0.25, -0.2) is 4.85 Å². The lowest BCUT2D eigenvalue weighted by Crippen LogP contribution is -1.88. The molecular formula is C9H7N3. The van der Waals surface area contributed by atoms with E-state index in [1.165, 1.54) is 6.20 Å². The Morgan fingerprint density at radius 2 is 2.25 bits per heavy atom. The average Bonchev–Trinajstić information content (AvgIpc) is 2.06. The highest BCUT2D eigenvalue weighted by Crippen LogP contribution is 2.23. The van der Waals surface area contributed by atoms with Gasteiger partial charge in [-0.05, 0) is 19.4 Å². The molecule has 0 radical (unpaired) electrons. The van der Waals surface area contributed by atoms with Crippen LogP contribution in [0.4, 0.5) is 5.69 Å². The molecule has 1 aromatic heterocycles. The van der Waals surface area contributed by atoms with Crippen molar-refractivity contribution in [2.45, 2.75) is 13.8 Å². The number of aromatic nitrogens is 1. The van der Waals surface area contributed by atoms with E-state index < -0.39 is 0 Å². The molecule has 0 N–H and O–H groups in total. The highest BCUT2D eigenvalue weighted by Gasteiger charge is 2.06. The predicted octanol–water partition coefficient (Wildman–Crippen LogP) is 2.12. The van der Waals surface area contributed by atoms with Gasteiger partial charge >= 0.3 is 0 Å². The first-order valence-corrected chi connectivity index (χ1v) is 3.44. The minimum atomic E-state index is 0.478. The summed E-state index contributed by atoms with van der Waals surface area (Å²) in [5.41, 5.74) is 2.38. The fraction of sp³-hybridized carbons (Fsp3) is 0.222. The molecule has 1 rings (SSSR count). The molecule has 1 aromatic rings. The third-order valence-corrected chi connectivity index (χ3v) is 1.72. The Morgan fingerprint density at radius 3 is 2.75 bits per heavy atom. The van der Waals surface area contributed by atoms with E-state index in [4.69, 9.17) is 11.8 Å². The normalized spacial score (nSPS) is 8.67. The van der Waals surface area contributed by atoms with Crippen molar-refractivity contribution in [1.82, 2.24) is 4.98 Å². The van der Waals surface area contributed by atoms with Crippen molar-refractivity contribution >= 4 is 5.69 Å². The first-order valence-electron chi connectivity index (χ1n) is 3.44. The van der Waals surface area contributed by atoms with Crippen molar-refractivity contribution in [3.63, 3.8) is 0 Å². The van der Waals surface area contributed by atoms with E-state index in [1.54, 1.807) is 13.8 Å². The van der Waals surface area contributed by atoms with Crippen LogP contribution in [0.15, 0.2) is 6.20 Å². The van der Waals surface area contributed by atoms with Crippen LogP contribution < -0.4 is 0 Å². The van der Waals surface area contributed by atoms with Gasteiger partial charge in [0.25, 0.3) is 0 Å². The Balaban J connectivity index is 3.50. The fourth-order valence-electron chi connectivity index (χ4n) is 0.996. The summed E-state index contributed by atoms with van der Waals surface area (Å²) < 4.78 is 0. The number of rotatable bonds is 0. The van der Waals surface area contributed by atoms with Gasteiger partial charge in [0.2, 0.25) is 5.69 Å². The zero-order chi connectivity index (χ0) is 9.14. The van der Waals surface area contributed by atoms with Crippen molar-refractivity contribution in [2.75, 3.05) is 0 Å². The summed E-state index contributed by atoms with van der Waals surface area (Å²) in [4.78, 5) is 7.26. The van der Waals surface area contributed by atoms with Crippen LogP contribution >= 0.6 is 0 Å². The van der Waals surface area contributed by atoms with Crippen LogP contribution in [0.1, 0.15) is 16.8 Å². The number of hydrogen-bond donors (Lipinski definition) is 0. The second-order valence-electron chi connectivity index (χ2n) is 2.45. The number of nitrogens with zero attached hydrogens (tertiary/aromatic N) is 3. The van der Waals surface area contributed by atoms with E-state index in [2.05, 4.69) is 9.83 Å². The zero-order valence-electron chi connectivity index (χ0n) is 6.92. The maximum absolute atomic E-state index is 8.64. The Bertz CT molecular complexity index is 393. The van der Waals surface area contributed by atoms with Crippen LogP contribution in [-0.2, 0) is 0 Å². The van der Waals surface area contributed by atoms with E-state index in [-0.39, 0.29) is 0 Å². The van der Waals surface area contributed by atoms with Crippen molar-refractivity contribution < 1.29 is 0 Å². The third-order valence-electron chi connectivity index (χ3n) is 1.72. The second kappa shape index (κ2) is 3.02. The van der Waals surface area contributed by atoms with E-state index in [0.29, 0.717) is 16.9 Å². The van der Waals surface area contributed by atoms with Crippen molar-refractivity contribution in [2.24, 2.45) is 0 Å². The molecule has 0 aromatic carbocycles. The molecule has 0 bridgehead atoms. The molecule has 0 saturated heterocycles. The van der Waals surface area contributed by atoms with Crippen molar-refractivity contribution in [3.8, 4) is 6.07 Å². The number of nitriles is 1. The van der Waals surface area contributed by atoms with Gasteiger partial charge in [-0.3, -0.25) is 4.98 Å². The summed E-state index contributed by atoms with van der Waals surface area (Å²) in [6, 6.07) is 1.99. The molecule has 12 heavy (non-hydrogen) atoms. The van der Waals surface area contributed by atoms with Crippen LogP contribution in [0, 0.1) is 31.8 Å². The van der Waals surface area contributed by atoms with Crippen LogP contribution in [0.25, 0.3) is 4.85 Å². The van der Waals surface area contributed by atoms with E-state index >= 15 is 0 Å². The van der Waals surface area contributed by atoms with Gasteiger partial charge in [0, 0.05) is 11.9 Å². The molecule has 3 heteroatoms. The lowest BCUT2D eigenvalue weighted by Gasteiger charge is -2.01. The molecule has 1 heterocycles. The SMILES string of the molecule is [C-]#[N+]c1c(C)ncc(C#N)c1C. The molecule has 0 saturated carbocycles. The quantitative estimate of drug-likeness (QED) is 0.541. The number of pyridine rings is 1. The van der Waals surface area contributed by atoms with E-state index in [0.717, 1.165) is 5.56 Å². The molecule has 0 spiro atoms. The Hall–Kier alpha value is -1.87. The number of aryl methyl sites for hydroxylation is 1. The number of hydrogen-bond acceptors (Lipinski definition) is 2. The molecule has 0 atom stereocenters. The van der Waals surface area contributed by atoms with Crippen molar-refractivity contribution in [3.05, 3.63) is 34.4 Å². The van der Waals surface area contributed by atoms with Gasteiger partial charge < -0.3 is 0 Å². The lowest BCUT2D eigenvalue weighted by molar-refractivity contribution is 1.17. The largest absolute Gasteiger partial charge is 0.272 e. The monoisotopic (exact) mass is 157 g/mol.